The topological polar surface area (TPSA) is 29.5 Å². The molecule has 5 heteroatoms. The van der Waals surface area contributed by atoms with E-state index in [1.54, 1.807) is 6.07 Å². The average Bonchev–Trinajstić information content (AvgIpc) is 2.56. The van der Waals surface area contributed by atoms with Crippen LogP contribution in [0, 0.1) is 11.2 Å². The zero-order valence-electron chi connectivity index (χ0n) is 14.9. The molecule has 2 rings (SSSR count). The van der Waals surface area contributed by atoms with Gasteiger partial charge in [-0.2, -0.15) is 11.8 Å². The van der Waals surface area contributed by atoms with Crippen molar-refractivity contribution in [2.75, 3.05) is 31.7 Å². The number of piperidine rings is 1. The van der Waals surface area contributed by atoms with Crippen LogP contribution in [0.1, 0.15) is 32.3 Å². The number of hydrogen-bond donors (Lipinski definition) is 0. The summed E-state index contributed by atoms with van der Waals surface area (Å²) in [5.41, 5.74) is 0.341. The van der Waals surface area contributed by atoms with Crippen LogP contribution >= 0.6 is 11.8 Å². The lowest BCUT2D eigenvalue weighted by Gasteiger charge is -2.42. The normalized spacial score (nSPS) is 19.0. The quantitative estimate of drug-likeness (QED) is 0.698. The van der Waals surface area contributed by atoms with Gasteiger partial charge in [-0.3, -0.25) is 9.69 Å². The third-order valence-corrected chi connectivity index (χ3v) is 5.74. The third kappa shape index (κ3) is 4.73. The first kappa shape index (κ1) is 19.3. The second kappa shape index (κ2) is 8.86. The molecule has 1 heterocycles. The van der Waals surface area contributed by atoms with E-state index in [1.807, 2.05) is 24.8 Å². The average molecular weight is 354 g/mol. The van der Waals surface area contributed by atoms with Crippen LogP contribution in [0.2, 0.25) is 0 Å². The van der Waals surface area contributed by atoms with Crippen LogP contribution in [-0.2, 0) is 16.0 Å². The smallest absolute Gasteiger partial charge is 0.312 e. The van der Waals surface area contributed by atoms with E-state index in [0.29, 0.717) is 19.1 Å². The fraction of sp³-hybridized carbons (Fsp3) is 0.632. The Hall–Kier alpha value is -1.07. The summed E-state index contributed by atoms with van der Waals surface area (Å²) in [5, 5.41) is 0. The van der Waals surface area contributed by atoms with Crippen molar-refractivity contribution in [3.05, 3.63) is 35.6 Å². The Bertz CT molecular complexity index is 544. The maximum Gasteiger partial charge on any atom is 0.312 e. The van der Waals surface area contributed by atoms with Crippen LogP contribution in [0.5, 0.6) is 0 Å². The van der Waals surface area contributed by atoms with Crippen LogP contribution in [0.4, 0.5) is 4.39 Å². The van der Waals surface area contributed by atoms with Gasteiger partial charge in [-0.1, -0.05) is 12.1 Å². The summed E-state index contributed by atoms with van der Waals surface area (Å²) in [5.74, 6) is 0.708. The standard InChI is InChI=1S/C19H28FNO2S/c1-4-23-18(22)19(13-16-6-5-7-17(20)12-16)8-10-21(11-9-19)15(2)14-24-3/h5-7,12,15H,4,8-11,13-14H2,1-3H3/t15-/m1/s1. The van der Waals surface area contributed by atoms with Crippen LogP contribution in [0.25, 0.3) is 0 Å². The molecular weight excluding hydrogens is 325 g/mol. The Morgan fingerprint density at radius 1 is 1.42 bits per heavy atom. The molecule has 0 amide bonds. The van der Waals surface area contributed by atoms with Crippen LogP contribution in [0.15, 0.2) is 24.3 Å². The van der Waals surface area contributed by atoms with Gasteiger partial charge in [0, 0.05) is 11.8 Å². The van der Waals surface area contributed by atoms with E-state index < -0.39 is 5.41 Å². The minimum Gasteiger partial charge on any atom is -0.466 e. The highest BCUT2D eigenvalue weighted by Crippen LogP contribution is 2.37. The molecule has 0 aromatic heterocycles. The highest BCUT2D eigenvalue weighted by Gasteiger charge is 2.43. The van der Waals surface area contributed by atoms with Gasteiger partial charge in [0.25, 0.3) is 0 Å². The number of likely N-dealkylation sites (tertiary alicyclic amines) is 1. The van der Waals surface area contributed by atoms with Crippen molar-refractivity contribution in [1.29, 1.82) is 0 Å². The van der Waals surface area contributed by atoms with Crippen molar-refractivity contribution >= 4 is 17.7 Å². The molecule has 0 radical (unpaired) electrons. The third-order valence-electron chi connectivity index (χ3n) is 4.93. The van der Waals surface area contributed by atoms with Gasteiger partial charge in [-0.25, -0.2) is 4.39 Å². The molecule has 0 bridgehead atoms. The van der Waals surface area contributed by atoms with Crippen molar-refractivity contribution in [3.63, 3.8) is 0 Å². The molecule has 1 aliphatic rings. The van der Waals surface area contributed by atoms with Gasteiger partial charge in [0.1, 0.15) is 5.82 Å². The van der Waals surface area contributed by atoms with Crippen molar-refractivity contribution < 1.29 is 13.9 Å². The summed E-state index contributed by atoms with van der Waals surface area (Å²) in [4.78, 5) is 15.1. The molecule has 0 aliphatic carbocycles. The number of carbonyl (C=O) groups is 1. The first-order valence-electron chi connectivity index (χ1n) is 8.65. The van der Waals surface area contributed by atoms with E-state index in [4.69, 9.17) is 4.74 Å². The molecule has 1 aromatic rings. The zero-order chi connectivity index (χ0) is 17.6. The molecule has 134 valence electrons. The Kier molecular flexibility index (Phi) is 7.11. The number of benzene rings is 1. The molecule has 0 unspecified atom stereocenters. The Balaban J connectivity index is 2.13. The second-order valence-corrected chi connectivity index (χ2v) is 7.56. The number of carbonyl (C=O) groups excluding carboxylic acids is 1. The molecule has 1 atom stereocenters. The second-order valence-electron chi connectivity index (χ2n) is 6.65. The van der Waals surface area contributed by atoms with Gasteiger partial charge < -0.3 is 4.74 Å². The predicted octanol–water partition coefficient (Wildman–Crippen LogP) is 3.77. The van der Waals surface area contributed by atoms with E-state index in [2.05, 4.69) is 18.1 Å². The SMILES string of the molecule is CCOC(=O)C1(Cc2cccc(F)c2)CCN([C@H](C)CSC)CC1. The number of thioether (sulfide) groups is 1. The summed E-state index contributed by atoms with van der Waals surface area (Å²) in [6.45, 7) is 6.23. The van der Waals surface area contributed by atoms with Gasteiger partial charge in [0.15, 0.2) is 0 Å². The number of hydrogen-bond acceptors (Lipinski definition) is 4. The first-order valence-corrected chi connectivity index (χ1v) is 10.0. The Morgan fingerprint density at radius 3 is 2.71 bits per heavy atom. The predicted molar refractivity (Wildman–Crippen MR) is 97.8 cm³/mol. The van der Waals surface area contributed by atoms with Crippen LogP contribution in [-0.4, -0.2) is 48.6 Å². The molecule has 0 N–H and O–H groups in total. The largest absolute Gasteiger partial charge is 0.466 e. The summed E-state index contributed by atoms with van der Waals surface area (Å²) < 4.78 is 18.9. The number of nitrogens with zero attached hydrogens (tertiary/aromatic N) is 1. The summed E-state index contributed by atoms with van der Waals surface area (Å²) in [6.07, 6.45) is 4.20. The van der Waals surface area contributed by atoms with Crippen molar-refractivity contribution in [3.8, 4) is 0 Å². The van der Waals surface area contributed by atoms with Crippen molar-refractivity contribution in [2.24, 2.45) is 5.41 Å². The zero-order valence-corrected chi connectivity index (χ0v) is 15.7. The highest BCUT2D eigenvalue weighted by atomic mass is 32.2. The van der Waals surface area contributed by atoms with E-state index in [1.165, 1.54) is 12.1 Å². The fourth-order valence-electron chi connectivity index (χ4n) is 3.51. The van der Waals surface area contributed by atoms with Gasteiger partial charge in [-0.15, -0.1) is 0 Å². The maximum absolute atomic E-state index is 13.5. The fourth-order valence-corrected chi connectivity index (χ4v) is 4.21. The summed E-state index contributed by atoms with van der Waals surface area (Å²) in [6, 6.07) is 7.08. The molecular formula is C19H28FNO2S. The summed E-state index contributed by atoms with van der Waals surface area (Å²) in [7, 11) is 0. The van der Waals surface area contributed by atoms with Gasteiger partial charge in [-0.05, 0) is 70.2 Å². The molecule has 0 saturated carbocycles. The van der Waals surface area contributed by atoms with E-state index >= 15 is 0 Å². The molecule has 1 fully saturated rings. The lowest BCUT2D eigenvalue weighted by molar-refractivity contribution is -0.159. The number of halogens is 1. The van der Waals surface area contributed by atoms with Crippen molar-refractivity contribution in [2.45, 2.75) is 39.2 Å². The van der Waals surface area contributed by atoms with E-state index in [-0.39, 0.29) is 11.8 Å². The highest BCUT2D eigenvalue weighted by molar-refractivity contribution is 7.98. The lowest BCUT2D eigenvalue weighted by Crippen LogP contribution is -2.49. The number of ether oxygens (including phenoxy) is 1. The molecule has 0 spiro atoms. The van der Waals surface area contributed by atoms with E-state index in [0.717, 1.165) is 37.2 Å². The molecule has 24 heavy (non-hydrogen) atoms. The Labute approximate surface area is 148 Å². The molecule has 1 aromatic carbocycles. The number of rotatable bonds is 7. The van der Waals surface area contributed by atoms with Gasteiger partial charge in [0.2, 0.25) is 0 Å². The van der Waals surface area contributed by atoms with Crippen LogP contribution in [0.3, 0.4) is 0 Å². The lowest BCUT2D eigenvalue weighted by atomic mass is 9.73. The molecule has 3 nitrogen and oxygen atoms in total. The van der Waals surface area contributed by atoms with E-state index in [9.17, 15) is 9.18 Å². The monoisotopic (exact) mass is 353 g/mol. The molecule has 1 aliphatic heterocycles. The van der Waals surface area contributed by atoms with Crippen LogP contribution < -0.4 is 0 Å². The van der Waals surface area contributed by atoms with Gasteiger partial charge >= 0.3 is 5.97 Å². The van der Waals surface area contributed by atoms with Crippen molar-refractivity contribution in [1.82, 2.24) is 4.90 Å². The Morgan fingerprint density at radius 2 is 2.12 bits per heavy atom. The van der Waals surface area contributed by atoms with Gasteiger partial charge in [0.05, 0.1) is 12.0 Å². The first-order chi connectivity index (χ1) is 11.5. The number of esters is 1. The minimum absolute atomic E-state index is 0.133. The molecule has 1 saturated heterocycles. The maximum atomic E-state index is 13.5. The summed E-state index contributed by atoms with van der Waals surface area (Å²) >= 11 is 1.85. The minimum atomic E-state index is -0.528.